The van der Waals surface area contributed by atoms with Crippen molar-refractivity contribution in [1.29, 1.82) is 0 Å². The molecule has 0 atom stereocenters. The minimum atomic E-state index is -4.85. The predicted octanol–water partition coefficient (Wildman–Crippen LogP) is 12.3. The van der Waals surface area contributed by atoms with Crippen LogP contribution in [0.5, 0.6) is 0 Å². The van der Waals surface area contributed by atoms with Crippen molar-refractivity contribution in [2.24, 2.45) is 4.99 Å². The second kappa shape index (κ2) is 14.5. The molecule has 6 nitrogen and oxygen atoms in total. The molecule has 0 saturated heterocycles. The molecular formula is C43H30B2F4N4O2S2. The van der Waals surface area contributed by atoms with Gasteiger partial charge < -0.3 is 40.9 Å². The van der Waals surface area contributed by atoms with Crippen molar-refractivity contribution >= 4 is 80.8 Å². The molecular weight excluding hydrogens is 766 g/mol. The van der Waals surface area contributed by atoms with Crippen molar-refractivity contribution in [3.8, 4) is 0 Å². The average Bonchev–Trinajstić information content (AvgIpc) is 4.05. The van der Waals surface area contributed by atoms with E-state index in [9.17, 15) is 8.63 Å². The van der Waals surface area contributed by atoms with Crippen LogP contribution in [0.25, 0.3) is 0 Å². The van der Waals surface area contributed by atoms with E-state index in [4.69, 9.17) is 9.31 Å². The summed E-state index contributed by atoms with van der Waals surface area (Å²) in [6.45, 7) is -1.84. The molecule has 6 aromatic rings. The number of para-hydroxylation sites is 4. The number of fused-ring (bicyclic) bond motifs is 1. The molecule has 0 radical (unpaired) electrons. The number of hydrogen-bond donors (Lipinski definition) is 0. The van der Waals surface area contributed by atoms with Crippen molar-refractivity contribution in [2.75, 3.05) is 9.80 Å². The van der Waals surface area contributed by atoms with Crippen LogP contribution in [-0.2, 0) is 9.31 Å². The number of anilines is 6. The highest BCUT2D eigenvalue weighted by atomic mass is 32.1. The molecule has 0 unspecified atom stereocenters. The third-order valence-corrected chi connectivity index (χ3v) is 11.5. The van der Waals surface area contributed by atoms with Gasteiger partial charge in [0.1, 0.15) is 21.5 Å². The lowest BCUT2D eigenvalue weighted by Crippen LogP contribution is -2.48. The van der Waals surface area contributed by atoms with Crippen LogP contribution < -0.4 is 9.80 Å². The molecule has 3 aliphatic heterocycles. The van der Waals surface area contributed by atoms with Gasteiger partial charge in [-0.25, -0.2) is 4.99 Å². The van der Waals surface area contributed by atoms with Crippen LogP contribution in [0.1, 0.15) is 9.75 Å². The molecule has 0 N–H and O–H groups in total. The van der Waals surface area contributed by atoms with E-state index in [2.05, 4.69) is 16.7 Å². The minimum absolute atomic E-state index is 0.0756. The molecule has 0 spiro atoms. The first kappa shape index (κ1) is 36.2. The molecule has 4 aromatic carbocycles. The molecule has 0 aliphatic carbocycles. The lowest BCUT2D eigenvalue weighted by Gasteiger charge is -2.34. The molecule has 2 aromatic heterocycles. The normalized spacial score (nSPS) is 17.1. The van der Waals surface area contributed by atoms with Crippen LogP contribution in [0.3, 0.4) is 0 Å². The quantitative estimate of drug-likeness (QED) is 0.0786. The summed E-state index contributed by atoms with van der Waals surface area (Å²) in [5.74, 6) is -1.16. The van der Waals surface area contributed by atoms with Crippen LogP contribution in [0.15, 0.2) is 198 Å². The summed E-state index contributed by atoms with van der Waals surface area (Å²) in [5, 5.41) is 1.64. The number of rotatable bonds is 10. The Bertz CT molecular complexity index is 2580. The number of allylic oxidation sites excluding steroid dienone is 4. The fraction of sp³-hybridized carbons (Fsp3) is 0. The van der Waals surface area contributed by atoms with Gasteiger partial charge in [-0.2, -0.15) is 0 Å². The number of hydrogen-bond acceptors (Lipinski definition) is 7. The van der Waals surface area contributed by atoms with Crippen LogP contribution in [0.4, 0.5) is 50.0 Å². The van der Waals surface area contributed by atoms with Gasteiger partial charge in [0.25, 0.3) is 0 Å². The number of benzene rings is 4. The minimum Gasteiger partial charge on any atom is -0.614 e. The van der Waals surface area contributed by atoms with E-state index in [0.29, 0.717) is 15.1 Å². The molecule has 0 fully saturated rings. The van der Waals surface area contributed by atoms with Gasteiger partial charge in [0.05, 0.1) is 15.5 Å². The largest absolute Gasteiger partial charge is 0.834 e. The van der Waals surface area contributed by atoms with E-state index in [1.807, 2.05) is 144 Å². The van der Waals surface area contributed by atoms with E-state index >= 15 is 8.63 Å². The van der Waals surface area contributed by atoms with E-state index in [1.54, 1.807) is 12.1 Å². The molecule has 14 heteroatoms. The van der Waals surface area contributed by atoms with Gasteiger partial charge in [-0.15, -0.1) is 22.7 Å². The number of aliphatic imine (C=N–C) groups is 1. The van der Waals surface area contributed by atoms with Crippen molar-refractivity contribution in [3.05, 3.63) is 209 Å². The predicted molar refractivity (Wildman–Crippen MR) is 225 cm³/mol. The Labute approximate surface area is 334 Å². The molecule has 3 aliphatic rings. The van der Waals surface area contributed by atoms with Gasteiger partial charge in [-0.1, -0.05) is 72.8 Å². The van der Waals surface area contributed by atoms with E-state index in [-0.39, 0.29) is 17.1 Å². The van der Waals surface area contributed by atoms with Crippen molar-refractivity contribution in [2.45, 2.75) is 0 Å². The molecule has 5 heterocycles. The van der Waals surface area contributed by atoms with Gasteiger partial charge in [0.2, 0.25) is 5.70 Å². The summed E-state index contributed by atoms with van der Waals surface area (Å²) in [4.78, 5) is 9.94. The third kappa shape index (κ3) is 7.09. The Morgan fingerprint density at radius 1 is 0.614 bits per heavy atom. The Morgan fingerprint density at radius 2 is 1.09 bits per heavy atom. The Hall–Kier alpha value is -6.50. The molecule has 0 saturated carbocycles. The van der Waals surface area contributed by atoms with Crippen LogP contribution >= 0.6 is 22.7 Å². The van der Waals surface area contributed by atoms with Gasteiger partial charge >= 0.3 is 13.9 Å². The molecule has 280 valence electrons. The van der Waals surface area contributed by atoms with Crippen molar-refractivity contribution < 1.29 is 31.1 Å². The van der Waals surface area contributed by atoms with Crippen LogP contribution in [0.2, 0.25) is 0 Å². The standard InChI is InChI=1S/C43H30B2F4N4O2S2/c1-44(46,47)54-43-37-25-24-36(39-27-29-41(57-39)52(32-18-10-4-11-19-32)33-20-12-5-13-21-33)53(37)45(48,49)55-42(43)35-23-22-34(50-35)38-26-28-40(56-38)51(30-14-6-2-7-15-30)31-16-8-3-9-17-31/h2-29H,1H2/b42-35+. The SMILES string of the molecule is [CH2+][B-](F)(F)OC1=C2C=CC(c3ccc(N(c4ccccc4)c4ccccc4)s3)=[N+]2[B-](F)(F)O/C1=C1\C=CC(c2ccc(N(c3ccccc3)c3ccccc3)s2)=N1. The monoisotopic (exact) mass is 796 g/mol. The Balaban J connectivity index is 1.10. The summed E-state index contributed by atoms with van der Waals surface area (Å²) >= 11 is 2.72. The van der Waals surface area contributed by atoms with Crippen molar-refractivity contribution in [3.63, 3.8) is 0 Å². The van der Waals surface area contributed by atoms with E-state index in [0.717, 1.165) is 37.6 Å². The Kier molecular flexibility index (Phi) is 9.22. The van der Waals surface area contributed by atoms with Gasteiger partial charge in [-0.05, 0) is 91.8 Å². The first-order valence-electron chi connectivity index (χ1n) is 18.0. The lowest BCUT2D eigenvalue weighted by atomic mass is 9.91. The highest BCUT2D eigenvalue weighted by Gasteiger charge is 2.57. The Morgan fingerprint density at radius 3 is 1.58 bits per heavy atom. The highest BCUT2D eigenvalue weighted by molar-refractivity contribution is 7.18. The zero-order valence-corrected chi connectivity index (χ0v) is 31.6. The lowest BCUT2D eigenvalue weighted by molar-refractivity contribution is -0.388. The highest BCUT2D eigenvalue weighted by Crippen LogP contribution is 2.44. The second-order valence-electron chi connectivity index (χ2n) is 13.2. The maximum absolute atomic E-state index is 16.4. The van der Waals surface area contributed by atoms with E-state index < -0.39 is 25.5 Å². The summed E-state index contributed by atoms with van der Waals surface area (Å²) in [5.41, 5.74) is 3.83. The fourth-order valence-corrected chi connectivity index (χ4v) is 8.99. The van der Waals surface area contributed by atoms with Gasteiger partial charge in [-0.3, -0.25) is 0 Å². The number of nitrogens with zero attached hydrogens (tertiary/aromatic N) is 4. The van der Waals surface area contributed by atoms with Crippen molar-refractivity contribution in [1.82, 2.24) is 0 Å². The maximum atomic E-state index is 16.4. The topological polar surface area (TPSA) is 40.3 Å². The first-order valence-corrected chi connectivity index (χ1v) is 19.6. The maximum Gasteiger partial charge on any atom is 0.834 e. The van der Waals surface area contributed by atoms with Crippen LogP contribution in [0, 0.1) is 6.82 Å². The summed E-state index contributed by atoms with van der Waals surface area (Å²) in [7, 11) is -4.85. The number of thiophene rings is 2. The second-order valence-corrected chi connectivity index (χ2v) is 15.3. The molecule has 0 bridgehead atoms. The zero-order chi connectivity index (χ0) is 39.1. The van der Waals surface area contributed by atoms with E-state index in [1.165, 1.54) is 40.9 Å². The average molecular weight is 796 g/mol. The first-order chi connectivity index (χ1) is 27.6. The number of halogens is 4. The molecule has 0 amide bonds. The smallest absolute Gasteiger partial charge is 0.614 e. The summed E-state index contributed by atoms with van der Waals surface area (Å²) < 4.78 is 73.4. The summed E-state index contributed by atoms with van der Waals surface area (Å²) in [6.07, 6.45) is 5.91. The fourth-order valence-electron chi connectivity index (χ4n) is 6.90. The molecule has 9 rings (SSSR count). The van der Waals surface area contributed by atoms with Gasteiger partial charge in [0.15, 0.2) is 11.5 Å². The van der Waals surface area contributed by atoms with Gasteiger partial charge in [0, 0.05) is 34.9 Å². The summed E-state index contributed by atoms with van der Waals surface area (Å²) in [6, 6.07) is 46.5. The van der Waals surface area contributed by atoms with Crippen LogP contribution in [-0.4, -0.2) is 29.9 Å². The molecule has 57 heavy (non-hydrogen) atoms. The third-order valence-electron chi connectivity index (χ3n) is 9.27. The zero-order valence-electron chi connectivity index (χ0n) is 30.0.